The fourth-order valence-corrected chi connectivity index (χ4v) is 4.58. The normalized spacial score (nSPS) is 52.2. The molecule has 4 unspecified atom stereocenters. The van der Waals surface area contributed by atoms with Crippen LogP contribution in [0.1, 0.15) is 52.9 Å². The van der Waals surface area contributed by atoms with E-state index in [9.17, 15) is 0 Å². The minimum Gasteiger partial charge on any atom is -0.0805 e. The molecule has 0 bridgehead atoms. The highest BCUT2D eigenvalue weighted by atomic mass is 14.6. The van der Waals surface area contributed by atoms with Crippen molar-refractivity contribution >= 4 is 7.85 Å². The molecule has 0 spiro atoms. The summed E-state index contributed by atoms with van der Waals surface area (Å²) in [5, 5.41) is 0. The molecule has 0 aromatic carbocycles. The van der Waals surface area contributed by atoms with Crippen molar-refractivity contribution in [2.75, 3.05) is 0 Å². The summed E-state index contributed by atoms with van der Waals surface area (Å²) in [6.07, 6.45) is 8.81. The largest absolute Gasteiger partial charge is 0.101 e. The van der Waals surface area contributed by atoms with Gasteiger partial charge in [0.15, 0.2) is 0 Å². The smallest absolute Gasteiger partial charge is 0.0805 e. The Balaban J connectivity index is 2.20. The van der Waals surface area contributed by atoms with Gasteiger partial charge in [0, 0.05) is 0 Å². The summed E-state index contributed by atoms with van der Waals surface area (Å²) < 4.78 is 0. The minimum atomic E-state index is 0.689. The van der Waals surface area contributed by atoms with Crippen LogP contribution in [0.5, 0.6) is 0 Å². The molecule has 2 rings (SSSR count). The zero-order valence-electron chi connectivity index (χ0n) is 10.4. The first kappa shape index (κ1) is 10.6. The van der Waals surface area contributed by atoms with E-state index >= 15 is 0 Å². The summed E-state index contributed by atoms with van der Waals surface area (Å²) in [6, 6.07) is 0. The second kappa shape index (κ2) is 3.28. The Kier molecular flexibility index (Phi) is 2.48. The molecule has 2 saturated carbocycles. The van der Waals surface area contributed by atoms with Crippen LogP contribution in [0.4, 0.5) is 0 Å². The summed E-state index contributed by atoms with van der Waals surface area (Å²) in [4.78, 5) is 0. The van der Waals surface area contributed by atoms with Crippen LogP contribution in [0.3, 0.4) is 0 Å². The zero-order chi connectivity index (χ0) is 10.4. The maximum Gasteiger partial charge on any atom is 0.101 e. The van der Waals surface area contributed by atoms with E-state index in [1.54, 1.807) is 0 Å². The average Bonchev–Trinajstić information content (AvgIpc) is 2.54. The van der Waals surface area contributed by atoms with Crippen molar-refractivity contribution in [3.63, 3.8) is 0 Å². The highest BCUT2D eigenvalue weighted by Crippen LogP contribution is 2.65. The Hall–Kier alpha value is 0.0649. The van der Waals surface area contributed by atoms with Gasteiger partial charge in [-0.05, 0) is 48.3 Å². The Bertz CT molecular complexity index is 225. The molecule has 2 aliphatic rings. The first-order valence-electron chi connectivity index (χ1n) is 6.53. The van der Waals surface area contributed by atoms with Gasteiger partial charge in [-0.2, -0.15) is 0 Å². The van der Waals surface area contributed by atoms with Crippen LogP contribution in [0, 0.1) is 22.7 Å². The van der Waals surface area contributed by atoms with Crippen LogP contribution in [0.15, 0.2) is 0 Å². The van der Waals surface area contributed by atoms with E-state index in [1.807, 2.05) is 0 Å². The number of fused-ring (bicyclic) bond motifs is 1. The van der Waals surface area contributed by atoms with Gasteiger partial charge in [0.25, 0.3) is 0 Å². The summed E-state index contributed by atoms with van der Waals surface area (Å²) in [6.45, 7) is 7.61. The van der Waals surface area contributed by atoms with Gasteiger partial charge in [-0.1, -0.05) is 33.5 Å². The topological polar surface area (TPSA) is 0 Å². The van der Waals surface area contributed by atoms with Gasteiger partial charge >= 0.3 is 0 Å². The van der Waals surface area contributed by atoms with Crippen LogP contribution in [-0.2, 0) is 0 Å². The molecular weight excluding hydrogens is 167 g/mol. The molecule has 0 amide bonds. The van der Waals surface area contributed by atoms with Gasteiger partial charge in [0.2, 0.25) is 0 Å². The Labute approximate surface area is 90.3 Å². The Morgan fingerprint density at radius 3 is 2.57 bits per heavy atom. The molecule has 2 aliphatic carbocycles. The molecule has 1 heteroatoms. The number of hydrogen-bond acceptors (Lipinski definition) is 0. The van der Waals surface area contributed by atoms with E-state index in [0.717, 1.165) is 11.8 Å². The lowest BCUT2D eigenvalue weighted by atomic mass is 9.67. The fourth-order valence-electron chi connectivity index (χ4n) is 4.58. The molecule has 2 fully saturated rings. The van der Waals surface area contributed by atoms with Crippen molar-refractivity contribution in [1.82, 2.24) is 0 Å². The van der Waals surface area contributed by atoms with Gasteiger partial charge in [-0.3, -0.25) is 0 Å². The molecular formula is C13H25B. The molecule has 0 saturated heterocycles. The summed E-state index contributed by atoms with van der Waals surface area (Å²) in [5.41, 5.74) is 1.39. The number of rotatable bonds is 2. The van der Waals surface area contributed by atoms with Gasteiger partial charge in [-0.15, -0.1) is 0 Å². The van der Waals surface area contributed by atoms with Crippen molar-refractivity contribution in [3.05, 3.63) is 0 Å². The van der Waals surface area contributed by atoms with Crippen LogP contribution in [0.2, 0.25) is 6.32 Å². The van der Waals surface area contributed by atoms with E-state index < -0.39 is 0 Å². The predicted octanol–water partition coefficient (Wildman–Crippen LogP) is 3.28. The predicted molar refractivity (Wildman–Crippen MR) is 65.3 cm³/mol. The molecule has 4 atom stereocenters. The van der Waals surface area contributed by atoms with Gasteiger partial charge in [0.1, 0.15) is 7.85 Å². The van der Waals surface area contributed by atoms with Gasteiger partial charge in [-0.25, -0.2) is 0 Å². The van der Waals surface area contributed by atoms with Crippen molar-refractivity contribution < 1.29 is 0 Å². The molecule has 0 radical (unpaired) electrons. The molecule has 0 aliphatic heterocycles. The summed E-state index contributed by atoms with van der Waals surface area (Å²) >= 11 is 0. The fraction of sp³-hybridized carbons (Fsp3) is 1.00. The number of hydrogen-bond donors (Lipinski definition) is 0. The molecule has 0 heterocycles. The summed E-state index contributed by atoms with van der Waals surface area (Å²) in [7, 11) is 2.35. The van der Waals surface area contributed by atoms with Crippen molar-refractivity contribution in [2.24, 2.45) is 22.7 Å². The van der Waals surface area contributed by atoms with Crippen molar-refractivity contribution in [2.45, 2.75) is 59.2 Å². The average molecular weight is 192 g/mol. The summed E-state index contributed by atoms with van der Waals surface area (Å²) in [5.74, 6) is 2.01. The quantitative estimate of drug-likeness (QED) is 0.589. The van der Waals surface area contributed by atoms with E-state index in [0.29, 0.717) is 10.8 Å². The lowest BCUT2D eigenvalue weighted by Crippen LogP contribution is -2.29. The second-order valence-corrected chi connectivity index (χ2v) is 6.44. The first-order chi connectivity index (χ1) is 6.53. The Morgan fingerprint density at radius 2 is 1.93 bits per heavy atom. The monoisotopic (exact) mass is 192 g/mol. The first-order valence-corrected chi connectivity index (χ1v) is 6.53. The second-order valence-electron chi connectivity index (χ2n) is 6.44. The van der Waals surface area contributed by atoms with Crippen LogP contribution < -0.4 is 0 Å². The van der Waals surface area contributed by atoms with E-state index in [2.05, 4.69) is 28.6 Å². The van der Waals surface area contributed by atoms with Gasteiger partial charge < -0.3 is 0 Å². The van der Waals surface area contributed by atoms with E-state index in [-0.39, 0.29) is 0 Å². The van der Waals surface area contributed by atoms with E-state index in [4.69, 9.17) is 0 Å². The highest BCUT2D eigenvalue weighted by molar-refractivity contribution is 6.08. The van der Waals surface area contributed by atoms with Crippen molar-refractivity contribution in [1.29, 1.82) is 0 Å². The van der Waals surface area contributed by atoms with Crippen molar-refractivity contribution in [3.8, 4) is 0 Å². The maximum absolute atomic E-state index is 2.57. The third-order valence-electron chi connectivity index (χ3n) is 5.71. The zero-order valence-corrected chi connectivity index (χ0v) is 10.4. The van der Waals surface area contributed by atoms with Crippen LogP contribution in [0.25, 0.3) is 0 Å². The van der Waals surface area contributed by atoms with E-state index in [1.165, 1.54) is 38.4 Å². The third kappa shape index (κ3) is 1.27. The molecule has 14 heavy (non-hydrogen) atoms. The highest BCUT2D eigenvalue weighted by Gasteiger charge is 2.56. The maximum atomic E-state index is 2.57. The molecule has 0 nitrogen and oxygen atoms in total. The standard InChI is InChI=1S/C13H25B/c1-10-4-5-11-12(2,8-9-14)6-7-13(10,11)3/h10-11H,4-9,14H2,1-3H3. The van der Waals surface area contributed by atoms with Crippen LogP contribution in [-0.4, -0.2) is 7.85 Å². The molecule has 80 valence electrons. The SMILES string of the molecule is BCCC1(C)CCC2(C)C(C)CCC12. The van der Waals surface area contributed by atoms with Crippen LogP contribution >= 0.6 is 0 Å². The molecule has 0 aromatic heterocycles. The third-order valence-corrected chi connectivity index (χ3v) is 5.71. The Morgan fingerprint density at radius 1 is 1.21 bits per heavy atom. The minimum absolute atomic E-state index is 0.689. The van der Waals surface area contributed by atoms with Gasteiger partial charge in [0.05, 0.1) is 0 Å². The lowest BCUT2D eigenvalue weighted by Gasteiger charge is -2.36. The lowest BCUT2D eigenvalue weighted by molar-refractivity contribution is 0.130. The molecule has 0 N–H and O–H groups in total. The molecule has 0 aromatic rings.